The highest BCUT2D eigenvalue weighted by molar-refractivity contribution is 5.90. The van der Waals surface area contributed by atoms with E-state index in [1.54, 1.807) is 20.8 Å². The molecule has 10 heteroatoms. The van der Waals surface area contributed by atoms with Crippen LogP contribution in [-0.4, -0.2) is 61.4 Å². The maximum Gasteiger partial charge on any atom is 0.408 e. The third-order valence-electron chi connectivity index (χ3n) is 5.92. The van der Waals surface area contributed by atoms with E-state index < -0.39 is 41.7 Å². The van der Waals surface area contributed by atoms with Gasteiger partial charge in [-0.2, -0.15) is 0 Å². The molecule has 4 N–H and O–H groups in total. The number of carbonyl (C=O) groups is 4. The average molecular weight is 525 g/mol. The van der Waals surface area contributed by atoms with E-state index in [9.17, 15) is 19.2 Å². The van der Waals surface area contributed by atoms with Gasteiger partial charge in [0.25, 0.3) is 0 Å². The monoisotopic (exact) mass is 524 g/mol. The van der Waals surface area contributed by atoms with Gasteiger partial charge in [-0.25, -0.2) is 9.59 Å². The Morgan fingerprint density at radius 2 is 1.29 bits per heavy atom. The molecule has 1 aliphatic rings. The number of nitrogens with one attached hydrogen (secondary N) is 4. The maximum absolute atomic E-state index is 12.3. The van der Waals surface area contributed by atoms with Crippen molar-refractivity contribution in [2.24, 2.45) is 0 Å². The third-order valence-corrected chi connectivity index (χ3v) is 5.92. The first-order valence-electron chi connectivity index (χ1n) is 12.6. The molecular weight excluding hydrogens is 488 g/mol. The van der Waals surface area contributed by atoms with Crippen LogP contribution in [0.1, 0.15) is 51.7 Å². The van der Waals surface area contributed by atoms with Crippen molar-refractivity contribution < 1.29 is 28.7 Å². The number of amides is 4. The Bertz CT molecular complexity index is 1130. The highest BCUT2D eigenvalue weighted by atomic mass is 16.6. The summed E-state index contributed by atoms with van der Waals surface area (Å²) in [6.45, 7) is 8.65. The minimum absolute atomic E-state index is 0.0375. The topological polar surface area (TPSA) is 135 Å². The number of fused-ring (bicyclic) bond motifs is 3. The van der Waals surface area contributed by atoms with Gasteiger partial charge in [-0.05, 0) is 56.9 Å². The maximum atomic E-state index is 12.3. The molecule has 0 aliphatic heterocycles. The van der Waals surface area contributed by atoms with Crippen molar-refractivity contribution in [3.05, 3.63) is 59.7 Å². The van der Waals surface area contributed by atoms with Crippen molar-refractivity contribution in [1.29, 1.82) is 0 Å². The summed E-state index contributed by atoms with van der Waals surface area (Å²) >= 11 is 0. The van der Waals surface area contributed by atoms with E-state index in [1.165, 1.54) is 13.8 Å². The van der Waals surface area contributed by atoms with Crippen LogP contribution in [0.3, 0.4) is 0 Å². The van der Waals surface area contributed by atoms with Crippen molar-refractivity contribution in [3.63, 3.8) is 0 Å². The molecule has 0 unspecified atom stereocenters. The first-order valence-corrected chi connectivity index (χ1v) is 12.6. The average Bonchev–Trinajstić information content (AvgIpc) is 3.17. The zero-order chi connectivity index (χ0) is 27.9. The molecule has 0 spiro atoms. The van der Waals surface area contributed by atoms with Crippen molar-refractivity contribution >= 4 is 24.0 Å². The van der Waals surface area contributed by atoms with Gasteiger partial charge in [0, 0.05) is 19.0 Å². The van der Waals surface area contributed by atoms with E-state index in [1.807, 2.05) is 36.4 Å². The zero-order valence-electron chi connectivity index (χ0n) is 22.4. The van der Waals surface area contributed by atoms with Crippen LogP contribution in [0, 0.1) is 0 Å². The molecule has 204 valence electrons. The second kappa shape index (κ2) is 12.4. The summed E-state index contributed by atoms with van der Waals surface area (Å²) in [6, 6.07) is 14.4. The van der Waals surface area contributed by atoms with Gasteiger partial charge in [-0.15, -0.1) is 0 Å². The first kappa shape index (κ1) is 28.5. The van der Waals surface area contributed by atoms with Crippen molar-refractivity contribution in [2.75, 3.05) is 19.7 Å². The van der Waals surface area contributed by atoms with Gasteiger partial charge >= 0.3 is 12.2 Å². The standard InChI is InChI=1S/C28H36N4O6/c1-17(31-25(34)18(2)32-27(36)38-28(3,4)5)24(33)29-14-15-30-26(35)37-16-23-21-12-8-6-10-19(21)20-11-7-9-13-22(20)23/h6-13,17-18,23H,14-16H2,1-5H3,(H,29,33)(H,30,35)(H,31,34)(H,32,36)/t17-,18-/m0/s1. The number of carbonyl (C=O) groups excluding carboxylic acids is 4. The minimum Gasteiger partial charge on any atom is -0.449 e. The Balaban J connectivity index is 1.36. The van der Waals surface area contributed by atoms with Gasteiger partial charge < -0.3 is 30.7 Å². The van der Waals surface area contributed by atoms with Crippen LogP contribution in [-0.2, 0) is 19.1 Å². The summed E-state index contributed by atoms with van der Waals surface area (Å²) < 4.78 is 10.6. The summed E-state index contributed by atoms with van der Waals surface area (Å²) in [6.07, 6.45) is -1.30. The lowest BCUT2D eigenvalue weighted by molar-refractivity contribution is -0.129. The van der Waals surface area contributed by atoms with Crippen molar-refractivity contribution in [2.45, 2.75) is 58.2 Å². The molecule has 2 aromatic rings. The highest BCUT2D eigenvalue weighted by Crippen LogP contribution is 2.44. The zero-order valence-corrected chi connectivity index (χ0v) is 22.4. The van der Waals surface area contributed by atoms with Gasteiger partial charge in [-0.3, -0.25) is 9.59 Å². The lowest BCUT2D eigenvalue weighted by Gasteiger charge is -2.22. The molecule has 3 rings (SSSR count). The van der Waals surface area contributed by atoms with E-state index >= 15 is 0 Å². The van der Waals surface area contributed by atoms with Crippen LogP contribution in [0.15, 0.2) is 48.5 Å². The van der Waals surface area contributed by atoms with Crippen LogP contribution < -0.4 is 21.3 Å². The number of alkyl carbamates (subject to hydrolysis) is 2. The van der Waals surface area contributed by atoms with Crippen LogP contribution in [0.25, 0.3) is 11.1 Å². The first-order chi connectivity index (χ1) is 18.0. The molecule has 1 aliphatic carbocycles. The van der Waals surface area contributed by atoms with Gasteiger partial charge in [-0.1, -0.05) is 48.5 Å². The van der Waals surface area contributed by atoms with E-state index in [2.05, 4.69) is 33.4 Å². The van der Waals surface area contributed by atoms with Crippen LogP contribution in [0.2, 0.25) is 0 Å². The molecule has 2 aromatic carbocycles. The fraction of sp³-hybridized carbons (Fsp3) is 0.429. The fourth-order valence-corrected chi connectivity index (χ4v) is 4.11. The summed E-state index contributed by atoms with van der Waals surface area (Å²) in [5.74, 6) is -1.00. The molecule has 2 atom stereocenters. The smallest absolute Gasteiger partial charge is 0.408 e. The molecule has 0 heterocycles. The SMILES string of the molecule is C[C@H](NC(=O)OC(C)(C)C)C(=O)N[C@@H](C)C(=O)NCCNC(=O)OCC1c2ccccc2-c2ccccc21. The van der Waals surface area contributed by atoms with Gasteiger partial charge in [0.05, 0.1) is 0 Å². The van der Waals surface area contributed by atoms with E-state index in [0.717, 1.165) is 22.3 Å². The summed E-state index contributed by atoms with van der Waals surface area (Å²) in [5, 5.41) is 10.2. The predicted molar refractivity (Wildman–Crippen MR) is 143 cm³/mol. The Hall–Kier alpha value is -4.08. The summed E-state index contributed by atoms with van der Waals surface area (Å²) in [5.41, 5.74) is 3.86. The highest BCUT2D eigenvalue weighted by Gasteiger charge is 2.29. The molecule has 0 aromatic heterocycles. The Labute approximate surface area is 222 Å². The minimum atomic E-state index is -0.893. The molecule has 0 saturated heterocycles. The summed E-state index contributed by atoms with van der Waals surface area (Å²) in [4.78, 5) is 48.7. The molecule has 0 radical (unpaired) electrons. The van der Waals surface area contributed by atoms with Crippen molar-refractivity contribution in [3.8, 4) is 11.1 Å². The molecule has 0 bridgehead atoms. The van der Waals surface area contributed by atoms with Crippen molar-refractivity contribution in [1.82, 2.24) is 21.3 Å². The lowest BCUT2D eigenvalue weighted by atomic mass is 9.98. The largest absolute Gasteiger partial charge is 0.449 e. The second-order valence-corrected chi connectivity index (χ2v) is 10.1. The quantitative estimate of drug-likeness (QED) is 0.373. The fourth-order valence-electron chi connectivity index (χ4n) is 4.11. The molecule has 0 fully saturated rings. The lowest BCUT2D eigenvalue weighted by Crippen LogP contribution is -2.52. The Morgan fingerprint density at radius 3 is 1.87 bits per heavy atom. The number of rotatable bonds is 9. The van der Waals surface area contributed by atoms with E-state index in [-0.39, 0.29) is 25.6 Å². The van der Waals surface area contributed by atoms with Crippen LogP contribution >= 0.6 is 0 Å². The van der Waals surface area contributed by atoms with Gasteiger partial charge in [0.1, 0.15) is 24.3 Å². The summed E-state index contributed by atoms with van der Waals surface area (Å²) in [7, 11) is 0. The number of benzene rings is 2. The molecule has 4 amide bonds. The van der Waals surface area contributed by atoms with Crippen LogP contribution in [0.4, 0.5) is 9.59 Å². The molecule has 38 heavy (non-hydrogen) atoms. The van der Waals surface area contributed by atoms with E-state index in [0.29, 0.717) is 0 Å². The molecule has 10 nitrogen and oxygen atoms in total. The second-order valence-electron chi connectivity index (χ2n) is 10.1. The Kier molecular flexibility index (Phi) is 9.33. The number of ether oxygens (including phenoxy) is 2. The van der Waals surface area contributed by atoms with Crippen LogP contribution in [0.5, 0.6) is 0 Å². The van der Waals surface area contributed by atoms with Gasteiger partial charge in [0.2, 0.25) is 11.8 Å². The molecular formula is C28H36N4O6. The van der Waals surface area contributed by atoms with E-state index in [4.69, 9.17) is 9.47 Å². The number of hydrogen-bond donors (Lipinski definition) is 4. The predicted octanol–water partition coefficient (Wildman–Crippen LogP) is 3.06. The normalized spacial score (nSPS) is 13.8. The molecule has 0 saturated carbocycles. The third kappa shape index (κ3) is 7.71. The van der Waals surface area contributed by atoms with Gasteiger partial charge in [0.15, 0.2) is 0 Å². The Morgan fingerprint density at radius 1 is 0.763 bits per heavy atom. The number of hydrogen-bond acceptors (Lipinski definition) is 6.